The van der Waals surface area contributed by atoms with Gasteiger partial charge in [-0.3, -0.25) is 0 Å². The molecule has 1 unspecified atom stereocenters. The van der Waals surface area contributed by atoms with Crippen LogP contribution in [0.25, 0.3) is 0 Å². The Kier molecular flexibility index (Phi) is 2.21. The first-order valence-corrected chi connectivity index (χ1v) is 4.78. The molecule has 2 heteroatoms. The van der Waals surface area contributed by atoms with Gasteiger partial charge in [0.25, 0.3) is 0 Å². The van der Waals surface area contributed by atoms with Crippen molar-refractivity contribution in [1.29, 1.82) is 0 Å². The van der Waals surface area contributed by atoms with Gasteiger partial charge in [-0.2, -0.15) is 0 Å². The summed E-state index contributed by atoms with van der Waals surface area (Å²) in [5, 5.41) is 3.26. The van der Waals surface area contributed by atoms with E-state index >= 15 is 0 Å². The standard InChI is InChI=1S/C11H14FN/c1-8-5-6-13-11-4-2-3-10(12)9(11)7-8/h2-4,8,13H,5-7H2,1H3. The summed E-state index contributed by atoms with van der Waals surface area (Å²) in [7, 11) is 0. The lowest BCUT2D eigenvalue weighted by atomic mass is 9.99. The van der Waals surface area contributed by atoms with Crippen molar-refractivity contribution >= 4 is 5.69 Å². The van der Waals surface area contributed by atoms with E-state index in [0.29, 0.717) is 5.92 Å². The van der Waals surface area contributed by atoms with Gasteiger partial charge in [0.1, 0.15) is 5.82 Å². The molecule has 1 nitrogen and oxygen atoms in total. The highest BCUT2D eigenvalue weighted by molar-refractivity contribution is 5.52. The molecular formula is C11H14FN. The SMILES string of the molecule is CC1CCNc2cccc(F)c2C1. The Balaban J connectivity index is 2.40. The topological polar surface area (TPSA) is 12.0 Å². The van der Waals surface area contributed by atoms with Crippen LogP contribution < -0.4 is 5.32 Å². The molecule has 70 valence electrons. The van der Waals surface area contributed by atoms with Gasteiger partial charge >= 0.3 is 0 Å². The van der Waals surface area contributed by atoms with Crippen LogP contribution in [0.3, 0.4) is 0 Å². The minimum atomic E-state index is -0.0706. The highest BCUT2D eigenvalue weighted by atomic mass is 19.1. The van der Waals surface area contributed by atoms with Gasteiger partial charge in [-0.05, 0) is 30.9 Å². The molecule has 0 saturated heterocycles. The molecule has 1 heterocycles. The summed E-state index contributed by atoms with van der Waals surface area (Å²) < 4.78 is 13.4. The predicted molar refractivity (Wildman–Crippen MR) is 52.4 cm³/mol. The van der Waals surface area contributed by atoms with Gasteiger partial charge < -0.3 is 5.32 Å². The van der Waals surface area contributed by atoms with Crippen molar-refractivity contribution in [3.05, 3.63) is 29.6 Å². The molecule has 2 rings (SSSR count). The fourth-order valence-corrected chi connectivity index (χ4v) is 1.84. The van der Waals surface area contributed by atoms with Crippen molar-refractivity contribution in [1.82, 2.24) is 0 Å². The molecule has 0 fully saturated rings. The molecule has 0 aliphatic carbocycles. The zero-order valence-electron chi connectivity index (χ0n) is 7.81. The molecule has 1 aliphatic rings. The van der Waals surface area contributed by atoms with Crippen LogP contribution in [0.2, 0.25) is 0 Å². The van der Waals surface area contributed by atoms with E-state index in [2.05, 4.69) is 12.2 Å². The third kappa shape index (κ3) is 1.67. The minimum Gasteiger partial charge on any atom is -0.385 e. The van der Waals surface area contributed by atoms with Crippen molar-refractivity contribution in [2.75, 3.05) is 11.9 Å². The molecule has 0 bridgehead atoms. The third-order valence-corrected chi connectivity index (χ3v) is 2.62. The van der Waals surface area contributed by atoms with E-state index in [-0.39, 0.29) is 5.82 Å². The lowest BCUT2D eigenvalue weighted by Gasteiger charge is -2.08. The Bertz CT molecular complexity index is 309. The number of hydrogen-bond donors (Lipinski definition) is 1. The van der Waals surface area contributed by atoms with E-state index in [1.807, 2.05) is 6.07 Å². The first kappa shape index (κ1) is 8.54. The van der Waals surface area contributed by atoms with Crippen molar-refractivity contribution in [2.45, 2.75) is 19.8 Å². The van der Waals surface area contributed by atoms with Crippen molar-refractivity contribution in [3.63, 3.8) is 0 Å². The molecular weight excluding hydrogens is 165 g/mol. The van der Waals surface area contributed by atoms with Crippen molar-refractivity contribution < 1.29 is 4.39 Å². The second-order valence-electron chi connectivity index (χ2n) is 3.79. The normalized spacial score (nSPS) is 21.5. The van der Waals surface area contributed by atoms with E-state index in [9.17, 15) is 4.39 Å². The molecule has 1 N–H and O–H groups in total. The van der Waals surface area contributed by atoms with Gasteiger partial charge in [0, 0.05) is 17.8 Å². The van der Waals surface area contributed by atoms with Crippen LogP contribution in [0.4, 0.5) is 10.1 Å². The number of fused-ring (bicyclic) bond motifs is 1. The Hall–Kier alpha value is -1.05. The third-order valence-electron chi connectivity index (χ3n) is 2.62. The van der Waals surface area contributed by atoms with E-state index in [1.54, 1.807) is 12.1 Å². The minimum absolute atomic E-state index is 0.0706. The first-order valence-electron chi connectivity index (χ1n) is 4.78. The Morgan fingerprint density at radius 1 is 1.46 bits per heavy atom. The van der Waals surface area contributed by atoms with Gasteiger partial charge in [0.2, 0.25) is 0 Å². The summed E-state index contributed by atoms with van der Waals surface area (Å²) in [6.45, 7) is 3.13. The predicted octanol–water partition coefficient (Wildman–Crippen LogP) is 2.82. The van der Waals surface area contributed by atoms with E-state index in [0.717, 1.165) is 30.6 Å². The van der Waals surface area contributed by atoms with Gasteiger partial charge in [-0.25, -0.2) is 4.39 Å². The number of halogens is 1. The smallest absolute Gasteiger partial charge is 0.128 e. The second kappa shape index (κ2) is 3.36. The number of benzene rings is 1. The molecule has 0 radical (unpaired) electrons. The van der Waals surface area contributed by atoms with E-state index < -0.39 is 0 Å². The quantitative estimate of drug-likeness (QED) is 0.645. The monoisotopic (exact) mass is 179 g/mol. The Labute approximate surface area is 78.0 Å². The summed E-state index contributed by atoms with van der Waals surface area (Å²) in [6, 6.07) is 5.26. The molecule has 1 aliphatic heterocycles. The number of anilines is 1. The van der Waals surface area contributed by atoms with Gasteiger partial charge in [-0.1, -0.05) is 13.0 Å². The molecule has 0 amide bonds. The maximum Gasteiger partial charge on any atom is 0.128 e. The molecule has 0 saturated carbocycles. The summed E-state index contributed by atoms with van der Waals surface area (Å²) >= 11 is 0. The van der Waals surface area contributed by atoms with Crippen LogP contribution in [0, 0.1) is 11.7 Å². The first-order chi connectivity index (χ1) is 6.27. The maximum absolute atomic E-state index is 13.4. The maximum atomic E-state index is 13.4. The highest BCUT2D eigenvalue weighted by Gasteiger charge is 2.15. The van der Waals surface area contributed by atoms with E-state index in [1.165, 1.54) is 0 Å². The van der Waals surface area contributed by atoms with Crippen LogP contribution in [0.1, 0.15) is 18.9 Å². The lowest BCUT2D eigenvalue weighted by molar-refractivity contribution is 0.534. The molecule has 13 heavy (non-hydrogen) atoms. The zero-order chi connectivity index (χ0) is 9.26. The van der Waals surface area contributed by atoms with Crippen LogP contribution in [0.15, 0.2) is 18.2 Å². The Morgan fingerprint density at radius 2 is 2.31 bits per heavy atom. The lowest BCUT2D eigenvalue weighted by Crippen LogP contribution is -2.01. The fraction of sp³-hybridized carbons (Fsp3) is 0.455. The molecule has 1 aromatic rings. The molecule has 0 aromatic heterocycles. The summed E-state index contributed by atoms with van der Waals surface area (Å²) in [5.41, 5.74) is 1.83. The molecule has 0 spiro atoms. The van der Waals surface area contributed by atoms with Crippen LogP contribution >= 0.6 is 0 Å². The van der Waals surface area contributed by atoms with Gasteiger partial charge in [0.15, 0.2) is 0 Å². The fourth-order valence-electron chi connectivity index (χ4n) is 1.84. The highest BCUT2D eigenvalue weighted by Crippen LogP contribution is 2.26. The summed E-state index contributed by atoms with van der Waals surface area (Å²) in [6.07, 6.45) is 1.98. The zero-order valence-corrected chi connectivity index (χ0v) is 7.81. The number of hydrogen-bond acceptors (Lipinski definition) is 1. The van der Waals surface area contributed by atoms with Crippen molar-refractivity contribution in [3.8, 4) is 0 Å². The average molecular weight is 179 g/mol. The summed E-state index contributed by atoms with van der Waals surface area (Å²) in [4.78, 5) is 0. The number of nitrogens with one attached hydrogen (secondary N) is 1. The second-order valence-corrected chi connectivity index (χ2v) is 3.79. The summed E-state index contributed by atoms with van der Waals surface area (Å²) in [5.74, 6) is 0.504. The number of rotatable bonds is 0. The van der Waals surface area contributed by atoms with E-state index in [4.69, 9.17) is 0 Å². The van der Waals surface area contributed by atoms with Crippen LogP contribution in [-0.2, 0) is 6.42 Å². The van der Waals surface area contributed by atoms with Crippen LogP contribution in [-0.4, -0.2) is 6.54 Å². The van der Waals surface area contributed by atoms with Gasteiger partial charge in [-0.15, -0.1) is 0 Å². The molecule has 1 aromatic carbocycles. The Morgan fingerprint density at radius 3 is 3.15 bits per heavy atom. The van der Waals surface area contributed by atoms with Gasteiger partial charge in [0.05, 0.1) is 0 Å². The van der Waals surface area contributed by atoms with Crippen molar-refractivity contribution in [2.24, 2.45) is 5.92 Å². The average Bonchev–Trinajstić information content (AvgIpc) is 2.28. The van der Waals surface area contributed by atoms with Crippen LogP contribution in [0.5, 0.6) is 0 Å². The largest absolute Gasteiger partial charge is 0.385 e. The molecule has 1 atom stereocenters.